The molecule has 0 spiro atoms. The molecule has 1 amide bonds. The third-order valence-corrected chi connectivity index (χ3v) is 4.78. The van der Waals surface area contributed by atoms with E-state index in [1.54, 1.807) is 6.92 Å². The second kappa shape index (κ2) is 9.09. The van der Waals surface area contributed by atoms with E-state index in [0.29, 0.717) is 10.6 Å². The van der Waals surface area contributed by atoms with Crippen molar-refractivity contribution in [3.63, 3.8) is 0 Å². The lowest BCUT2D eigenvalue weighted by atomic mass is 10.1. The normalized spacial score (nSPS) is 10.7. The van der Waals surface area contributed by atoms with Crippen molar-refractivity contribution in [2.45, 2.75) is 13.8 Å². The predicted octanol–water partition coefficient (Wildman–Crippen LogP) is 3.49. The molecule has 0 atom stereocenters. The number of hydrogen-bond donors (Lipinski definition) is 1. The SMILES string of the molecule is COC(=O)c1c(NC(=O)COC(=O)/C=C/c2ccc(F)cc2)sc(C)c1C. The lowest BCUT2D eigenvalue weighted by Gasteiger charge is -2.06. The van der Waals surface area contributed by atoms with Crippen molar-refractivity contribution < 1.29 is 28.2 Å². The molecule has 1 aromatic heterocycles. The first-order valence-electron chi connectivity index (χ1n) is 7.90. The van der Waals surface area contributed by atoms with Gasteiger partial charge in [0.15, 0.2) is 6.61 Å². The van der Waals surface area contributed by atoms with Gasteiger partial charge in [-0.15, -0.1) is 11.3 Å². The first-order chi connectivity index (χ1) is 12.8. The van der Waals surface area contributed by atoms with Gasteiger partial charge in [-0.25, -0.2) is 14.0 Å². The number of anilines is 1. The number of thiophene rings is 1. The molecule has 2 aromatic rings. The average Bonchev–Trinajstić information content (AvgIpc) is 2.92. The maximum Gasteiger partial charge on any atom is 0.341 e. The molecule has 1 aromatic carbocycles. The Hall–Kier alpha value is -3.00. The molecule has 0 saturated heterocycles. The minimum Gasteiger partial charge on any atom is -0.465 e. The van der Waals surface area contributed by atoms with E-state index in [1.165, 1.54) is 48.8 Å². The Morgan fingerprint density at radius 3 is 2.48 bits per heavy atom. The Morgan fingerprint density at radius 2 is 1.85 bits per heavy atom. The van der Waals surface area contributed by atoms with Crippen LogP contribution in [0.5, 0.6) is 0 Å². The summed E-state index contributed by atoms with van der Waals surface area (Å²) < 4.78 is 22.4. The Bertz CT molecular complexity index is 886. The number of nitrogens with one attached hydrogen (secondary N) is 1. The van der Waals surface area contributed by atoms with Crippen molar-refractivity contribution in [2.75, 3.05) is 19.0 Å². The predicted molar refractivity (Wildman–Crippen MR) is 100 cm³/mol. The molecule has 1 N–H and O–H groups in total. The van der Waals surface area contributed by atoms with Gasteiger partial charge >= 0.3 is 11.9 Å². The summed E-state index contributed by atoms with van der Waals surface area (Å²) in [5.41, 5.74) is 1.63. The Balaban J connectivity index is 1.93. The highest BCUT2D eigenvalue weighted by Crippen LogP contribution is 2.32. The van der Waals surface area contributed by atoms with Gasteiger partial charge in [0.1, 0.15) is 10.8 Å². The first-order valence-corrected chi connectivity index (χ1v) is 8.72. The zero-order valence-corrected chi connectivity index (χ0v) is 15.8. The van der Waals surface area contributed by atoms with E-state index in [-0.39, 0.29) is 11.4 Å². The highest BCUT2D eigenvalue weighted by molar-refractivity contribution is 7.16. The summed E-state index contributed by atoms with van der Waals surface area (Å²) in [6.45, 7) is 3.07. The maximum atomic E-state index is 12.8. The Labute approximate surface area is 159 Å². The van der Waals surface area contributed by atoms with Gasteiger partial charge in [-0.2, -0.15) is 0 Å². The number of amides is 1. The van der Waals surface area contributed by atoms with Gasteiger partial charge < -0.3 is 14.8 Å². The maximum absolute atomic E-state index is 12.8. The number of rotatable bonds is 6. The van der Waals surface area contributed by atoms with Gasteiger partial charge in [-0.05, 0) is 43.2 Å². The summed E-state index contributed by atoms with van der Waals surface area (Å²) in [6.07, 6.45) is 2.58. The van der Waals surface area contributed by atoms with Gasteiger partial charge in [0.05, 0.1) is 12.7 Å². The van der Waals surface area contributed by atoms with Gasteiger partial charge in [-0.1, -0.05) is 12.1 Å². The summed E-state index contributed by atoms with van der Waals surface area (Å²) in [4.78, 5) is 36.4. The molecule has 0 aliphatic heterocycles. The fourth-order valence-corrected chi connectivity index (χ4v) is 3.21. The largest absolute Gasteiger partial charge is 0.465 e. The molecule has 2 rings (SSSR count). The molecular weight excluding hydrogens is 373 g/mol. The summed E-state index contributed by atoms with van der Waals surface area (Å²) in [5, 5.41) is 2.91. The lowest BCUT2D eigenvalue weighted by molar-refractivity contribution is -0.142. The number of hydrogen-bond acceptors (Lipinski definition) is 6. The van der Waals surface area contributed by atoms with Gasteiger partial charge in [0.2, 0.25) is 0 Å². The number of methoxy groups -OCH3 is 1. The minimum atomic E-state index is -0.721. The van der Waals surface area contributed by atoms with Crippen LogP contribution in [0.2, 0.25) is 0 Å². The standard InChI is InChI=1S/C19H18FNO5S/c1-11-12(2)27-18(17(11)19(24)25-3)21-15(22)10-26-16(23)9-6-13-4-7-14(20)8-5-13/h4-9H,10H2,1-3H3,(H,21,22)/b9-6+. The van der Waals surface area contributed by atoms with Crippen molar-refractivity contribution in [3.05, 3.63) is 57.7 Å². The summed E-state index contributed by atoms with van der Waals surface area (Å²) in [7, 11) is 1.26. The van der Waals surface area contributed by atoms with Crippen LogP contribution >= 0.6 is 11.3 Å². The van der Waals surface area contributed by atoms with Crippen LogP contribution in [-0.4, -0.2) is 31.6 Å². The minimum absolute atomic E-state index is 0.288. The van der Waals surface area contributed by atoms with Gasteiger partial charge in [0, 0.05) is 11.0 Å². The first kappa shape index (κ1) is 20.3. The summed E-state index contributed by atoms with van der Waals surface area (Å²) in [6, 6.07) is 5.54. The Kier molecular flexibility index (Phi) is 6.84. The number of aryl methyl sites for hydroxylation is 1. The third kappa shape index (κ3) is 5.49. The van der Waals surface area contributed by atoms with E-state index < -0.39 is 24.5 Å². The summed E-state index contributed by atoms with van der Waals surface area (Å²) in [5.74, 6) is -2.23. The molecule has 0 unspecified atom stereocenters. The molecule has 6 nitrogen and oxygen atoms in total. The lowest BCUT2D eigenvalue weighted by Crippen LogP contribution is -2.21. The monoisotopic (exact) mass is 391 g/mol. The molecule has 27 heavy (non-hydrogen) atoms. The zero-order valence-electron chi connectivity index (χ0n) is 15.0. The van der Waals surface area contributed by atoms with Crippen molar-refractivity contribution in [1.29, 1.82) is 0 Å². The van der Waals surface area contributed by atoms with Gasteiger partial charge in [-0.3, -0.25) is 4.79 Å². The number of esters is 2. The van der Waals surface area contributed by atoms with E-state index in [1.807, 2.05) is 6.92 Å². The van der Waals surface area contributed by atoms with Crippen LogP contribution in [0.15, 0.2) is 30.3 Å². The van der Waals surface area contributed by atoms with E-state index in [2.05, 4.69) is 5.32 Å². The topological polar surface area (TPSA) is 81.7 Å². The van der Waals surface area contributed by atoms with E-state index in [9.17, 15) is 18.8 Å². The number of carbonyl (C=O) groups excluding carboxylic acids is 3. The van der Waals surface area contributed by atoms with E-state index in [4.69, 9.17) is 9.47 Å². The molecule has 0 radical (unpaired) electrons. The zero-order chi connectivity index (χ0) is 20.0. The molecule has 1 heterocycles. The molecule has 8 heteroatoms. The molecular formula is C19H18FNO5S. The van der Waals surface area contributed by atoms with Crippen LogP contribution in [-0.2, 0) is 19.1 Å². The molecule has 0 aliphatic carbocycles. The summed E-state index contributed by atoms with van der Waals surface area (Å²) >= 11 is 1.24. The van der Waals surface area contributed by atoms with Crippen LogP contribution in [0.1, 0.15) is 26.4 Å². The Morgan fingerprint density at radius 1 is 1.19 bits per heavy atom. The number of benzene rings is 1. The van der Waals surface area contributed by atoms with Crippen LogP contribution in [0.3, 0.4) is 0 Å². The van der Waals surface area contributed by atoms with Gasteiger partial charge in [0.25, 0.3) is 5.91 Å². The average molecular weight is 391 g/mol. The van der Waals surface area contributed by atoms with E-state index in [0.717, 1.165) is 16.5 Å². The number of carbonyl (C=O) groups is 3. The smallest absolute Gasteiger partial charge is 0.341 e. The fraction of sp³-hybridized carbons (Fsp3) is 0.211. The number of halogens is 1. The molecule has 0 fully saturated rings. The van der Waals surface area contributed by atoms with Crippen molar-refractivity contribution in [1.82, 2.24) is 0 Å². The van der Waals surface area contributed by atoms with Crippen molar-refractivity contribution >= 4 is 40.3 Å². The second-order valence-corrected chi connectivity index (χ2v) is 6.74. The molecule has 0 bridgehead atoms. The molecule has 0 saturated carbocycles. The number of ether oxygens (including phenoxy) is 2. The van der Waals surface area contributed by atoms with Crippen LogP contribution in [0.4, 0.5) is 9.39 Å². The third-order valence-electron chi connectivity index (χ3n) is 3.66. The molecule has 142 valence electrons. The molecule has 0 aliphatic rings. The van der Waals surface area contributed by atoms with E-state index >= 15 is 0 Å². The van der Waals surface area contributed by atoms with Crippen molar-refractivity contribution in [2.24, 2.45) is 0 Å². The van der Waals surface area contributed by atoms with Crippen LogP contribution in [0, 0.1) is 19.7 Å². The highest BCUT2D eigenvalue weighted by Gasteiger charge is 2.21. The fourth-order valence-electron chi connectivity index (χ4n) is 2.15. The van der Waals surface area contributed by atoms with Crippen LogP contribution in [0.25, 0.3) is 6.08 Å². The van der Waals surface area contributed by atoms with Crippen molar-refractivity contribution in [3.8, 4) is 0 Å². The van der Waals surface area contributed by atoms with Crippen LogP contribution < -0.4 is 5.32 Å². The quantitative estimate of drug-likeness (QED) is 0.602. The highest BCUT2D eigenvalue weighted by atomic mass is 32.1. The second-order valence-electron chi connectivity index (χ2n) is 5.52.